The van der Waals surface area contributed by atoms with Gasteiger partial charge in [-0.1, -0.05) is 23.7 Å². The summed E-state index contributed by atoms with van der Waals surface area (Å²) in [6, 6.07) is 11.9. The molecule has 0 radical (unpaired) electrons. The van der Waals surface area contributed by atoms with Crippen molar-refractivity contribution in [3.63, 3.8) is 0 Å². The summed E-state index contributed by atoms with van der Waals surface area (Å²) < 4.78 is 6.90. The molecule has 2 aromatic carbocycles. The fourth-order valence-corrected chi connectivity index (χ4v) is 2.82. The van der Waals surface area contributed by atoms with E-state index < -0.39 is 0 Å². The molecule has 0 aliphatic heterocycles. The van der Waals surface area contributed by atoms with Crippen molar-refractivity contribution in [1.82, 2.24) is 0 Å². The molecule has 0 fully saturated rings. The Hall–Kier alpha value is -1.19. The molecule has 2 aromatic rings. The summed E-state index contributed by atoms with van der Waals surface area (Å²) in [6.45, 7) is 5.36. The van der Waals surface area contributed by atoms with Crippen LogP contribution in [0.3, 0.4) is 0 Å². The van der Waals surface area contributed by atoms with Gasteiger partial charge in [-0.25, -0.2) is 0 Å². The lowest BCUT2D eigenvalue weighted by Gasteiger charge is -2.14. The first-order valence-corrected chi connectivity index (χ1v) is 7.63. The van der Waals surface area contributed by atoms with E-state index in [9.17, 15) is 0 Å². The second-order valence-corrected chi connectivity index (χ2v) is 5.91. The summed E-state index contributed by atoms with van der Waals surface area (Å²) in [5, 5.41) is 4.08. The molecule has 0 aliphatic rings. The van der Waals surface area contributed by atoms with Crippen molar-refractivity contribution >= 4 is 33.2 Å². The van der Waals surface area contributed by atoms with Crippen LogP contribution in [0.15, 0.2) is 40.9 Å². The summed E-state index contributed by atoms with van der Waals surface area (Å²) in [5.74, 6) is 0.920. The maximum atomic E-state index is 6.01. The van der Waals surface area contributed by atoms with Crippen LogP contribution in [-0.2, 0) is 0 Å². The third-order valence-corrected chi connectivity index (χ3v) is 3.87. The summed E-state index contributed by atoms with van der Waals surface area (Å²) in [6.07, 6.45) is 0. The molecule has 0 bridgehead atoms. The zero-order valence-corrected chi connectivity index (χ0v) is 13.9. The van der Waals surface area contributed by atoms with E-state index in [0.29, 0.717) is 6.61 Å². The average molecular weight is 355 g/mol. The van der Waals surface area contributed by atoms with Gasteiger partial charge in [-0.3, -0.25) is 0 Å². The summed E-state index contributed by atoms with van der Waals surface area (Å²) >= 11 is 9.51. The van der Waals surface area contributed by atoms with Gasteiger partial charge < -0.3 is 10.1 Å². The zero-order chi connectivity index (χ0) is 14.5. The molecule has 0 atom stereocenters. The van der Waals surface area contributed by atoms with Crippen molar-refractivity contribution in [1.29, 1.82) is 0 Å². The van der Waals surface area contributed by atoms with Crippen LogP contribution in [0, 0.1) is 13.8 Å². The Kier molecular flexibility index (Phi) is 5.32. The second-order valence-electron chi connectivity index (χ2n) is 4.62. The third kappa shape index (κ3) is 3.90. The van der Waals surface area contributed by atoms with Gasteiger partial charge in [0.05, 0.1) is 0 Å². The number of halogens is 2. The van der Waals surface area contributed by atoms with E-state index in [1.807, 2.05) is 50.2 Å². The van der Waals surface area contributed by atoms with Crippen LogP contribution in [0.4, 0.5) is 5.69 Å². The topological polar surface area (TPSA) is 21.3 Å². The predicted molar refractivity (Wildman–Crippen MR) is 89.1 cm³/mol. The van der Waals surface area contributed by atoms with Gasteiger partial charge in [0, 0.05) is 21.7 Å². The predicted octanol–water partition coefficient (Wildman–Crippen LogP) is 5.21. The second kappa shape index (κ2) is 7.00. The normalized spacial score (nSPS) is 10.4. The van der Waals surface area contributed by atoms with Crippen molar-refractivity contribution in [3.8, 4) is 5.75 Å². The molecule has 2 nitrogen and oxygen atoms in total. The molecule has 0 amide bonds. The van der Waals surface area contributed by atoms with E-state index in [-0.39, 0.29) is 0 Å². The van der Waals surface area contributed by atoms with Gasteiger partial charge in [0.1, 0.15) is 12.4 Å². The highest BCUT2D eigenvalue weighted by atomic mass is 79.9. The van der Waals surface area contributed by atoms with Crippen molar-refractivity contribution in [2.24, 2.45) is 0 Å². The first-order valence-electron chi connectivity index (χ1n) is 6.46. The van der Waals surface area contributed by atoms with E-state index in [0.717, 1.165) is 38.6 Å². The first-order chi connectivity index (χ1) is 9.58. The lowest BCUT2D eigenvalue weighted by molar-refractivity contribution is 0.328. The minimum Gasteiger partial charge on any atom is -0.491 e. The minimum atomic E-state index is 0.602. The fraction of sp³-hybridized carbons (Fsp3) is 0.250. The smallest absolute Gasteiger partial charge is 0.125 e. The number of nitrogens with one attached hydrogen (secondary N) is 1. The maximum Gasteiger partial charge on any atom is 0.125 e. The van der Waals surface area contributed by atoms with Gasteiger partial charge in [0.15, 0.2) is 0 Å². The minimum absolute atomic E-state index is 0.602. The van der Waals surface area contributed by atoms with Gasteiger partial charge in [-0.15, -0.1) is 0 Å². The molecular formula is C16H17BrClNO. The number of hydrogen-bond donors (Lipinski definition) is 1. The molecule has 106 valence electrons. The van der Waals surface area contributed by atoms with Crippen LogP contribution in [0.1, 0.15) is 11.1 Å². The number of aryl methyl sites for hydroxylation is 2. The largest absolute Gasteiger partial charge is 0.491 e. The molecule has 4 heteroatoms. The Morgan fingerprint density at radius 2 is 1.80 bits per heavy atom. The molecule has 0 aliphatic carbocycles. The molecule has 20 heavy (non-hydrogen) atoms. The number of benzene rings is 2. The van der Waals surface area contributed by atoms with Crippen molar-refractivity contribution in [3.05, 3.63) is 57.0 Å². The fourth-order valence-electron chi connectivity index (χ4n) is 2.07. The molecular weight excluding hydrogens is 338 g/mol. The summed E-state index contributed by atoms with van der Waals surface area (Å²) in [7, 11) is 0. The Morgan fingerprint density at radius 1 is 1.15 bits per heavy atom. The summed E-state index contributed by atoms with van der Waals surface area (Å²) in [4.78, 5) is 0. The molecule has 2 rings (SSSR count). The SMILES string of the molecule is Cc1cc(Cl)cc(C)c1OCCNc1ccccc1Br. The van der Waals surface area contributed by atoms with Gasteiger partial charge in [0.2, 0.25) is 0 Å². The van der Waals surface area contributed by atoms with Crippen molar-refractivity contribution in [2.45, 2.75) is 13.8 Å². The first kappa shape index (κ1) is 15.2. The Balaban J connectivity index is 1.90. The Morgan fingerprint density at radius 3 is 2.45 bits per heavy atom. The molecule has 1 N–H and O–H groups in total. The molecule has 0 spiro atoms. The third-order valence-electron chi connectivity index (χ3n) is 2.96. The van der Waals surface area contributed by atoms with Crippen LogP contribution in [0.2, 0.25) is 5.02 Å². The highest BCUT2D eigenvalue weighted by molar-refractivity contribution is 9.10. The number of para-hydroxylation sites is 1. The van der Waals surface area contributed by atoms with E-state index in [4.69, 9.17) is 16.3 Å². The quantitative estimate of drug-likeness (QED) is 0.744. The lowest BCUT2D eigenvalue weighted by atomic mass is 10.1. The lowest BCUT2D eigenvalue weighted by Crippen LogP contribution is -2.12. The van der Waals surface area contributed by atoms with Gasteiger partial charge in [-0.05, 0) is 65.2 Å². The number of anilines is 1. The molecule has 0 saturated carbocycles. The van der Waals surface area contributed by atoms with E-state index in [1.54, 1.807) is 0 Å². The maximum absolute atomic E-state index is 6.01. The van der Waals surface area contributed by atoms with Gasteiger partial charge >= 0.3 is 0 Å². The highest BCUT2D eigenvalue weighted by Crippen LogP contribution is 2.27. The summed E-state index contributed by atoms with van der Waals surface area (Å²) in [5.41, 5.74) is 3.20. The van der Waals surface area contributed by atoms with Crippen LogP contribution in [0.25, 0.3) is 0 Å². The Bertz CT molecular complexity index is 578. The standard InChI is InChI=1S/C16H17BrClNO/c1-11-9-13(18)10-12(2)16(11)20-8-7-19-15-6-4-3-5-14(15)17/h3-6,9-10,19H,7-8H2,1-2H3. The van der Waals surface area contributed by atoms with Gasteiger partial charge in [-0.2, -0.15) is 0 Å². The van der Waals surface area contributed by atoms with Crippen LogP contribution in [-0.4, -0.2) is 13.2 Å². The molecule has 0 unspecified atom stereocenters. The van der Waals surface area contributed by atoms with Crippen LogP contribution < -0.4 is 10.1 Å². The number of hydrogen-bond acceptors (Lipinski definition) is 2. The Labute approximate surface area is 133 Å². The molecule has 0 saturated heterocycles. The van der Waals surface area contributed by atoms with E-state index in [2.05, 4.69) is 21.2 Å². The molecule has 0 heterocycles. The number of ether oxygens (including phenoxy) is 1. The van der Waals surface area contributed by atoms with E-state index >= 15 is 0 Å². The van der Waals surface area contributed by atoms with E-state index in [1.165, 1.54) is 0 Å². The zero-order valence-electron chi connectivity index (χ0n) is 11.5. The molecule has 0 aromatic heterocycles. The van der Waals surface area contributed by atoms with Crippen LogP contribution in [0.5, 0.6) is 5.75 Å². The average Bonchev–Trinajstić information content (AvgIpc) is 2.38. The van der Waals surface area contributed by atoms with Gasteiger partial charge in [0.25, 0.3) is 0 Å². The van der Waals surface area contributed by atoms with Crippen molar-refractivity contribution in [2.75, 3.05) is 18.5 Å². The number of rotatable bonds is 5. The monoisotopic (exact) mass is 353 g/mol. The highest BCUT2D eigenvalue weighted by Gasteiger charge is 2.05. The van der Waals surface area contributed by atoms with Crippen LogP contribution >= 0.6 is 27.5 Å². The van der Waals surface area contributed by atoms with Crippen molar-refractivity contribution < 1.29 is 4.74 Å².